The van der Waals surface area contributed by atoms with Crippen LogP contribution in [0.15, 0.2) is 53.6 Å². The maximum absolute atomic E-state index is 12.7. The number of fused-ring (bicyclic) bond motifs is 5. The highest BCUT2D eigenvalue weighted by Crippen LogP contribution is 2.52. The summed E-state index contributed by atoms with van der Waals surface area (Å²) < 4.78 is 16.5. The van der Waals surface area contributed by atoms with Gasteiger partial charge in [-0.25, -0.2) is 4.79 Å². The molecular weight excluding hydrogens is 334 g/mol. The lowest BCUT2D eigenvalue weighted by Gasteiger charge is -2.41. The summed E-state index contributed by atoms with van der Waals surface area (Å²) in [5, 5.41) is 0. The summed E-state index contributed by atoms with van der Waals surface area (Å²) in [7, 11) is 1.37. The maximum Gasteiger partial charge on any atom is 0.410 e. The van der Waals surface area contributed by atoms with E-state index in [0.717, 1.165) is 16.7 Å². The van der Waals surface area contributed by atoms with Gasteiger partial charge in [0.1, 0.15) is 12.0 Å². The minimum absolute atomic E-state index is 0.194. The molecule has 4 rings (SSSR count). The molecule has 1 saturated heterocycles. The Kier molecular flexibility index (Phi) is 4.07. The van der Waals surface area contributed by atoms with Gasteiger partial charge in [-0.3, -0.25) is 4.79 Å². The summed E-state index contributed by atoms with van der Waals surface area (Å²) in [4.78, 5) is 26.9. The molecule has 3 aliphatic rings. The molecule has 0 saturated carbocycles. The second-order valence-corrected chi connectivity index (χ2v) is 6.92. The molecule has 3 heterocycles. The van der Waals surface area contributed by atoms with Gasteiger partial charge in [-0.05, 0) is 18.1 Å². The molecule has 3 aliphatic heterocycles. The summed E-state index contributed by atoms with van der Waals surface area (Å²) >= 11 is 0. The fourth-order valence-electron chi connectivity index (χ4n) is 4.24. The number of methoxy groups -OCH3 is 1. The summed E-state index contributed by atoms with van der Waals surface area (Å²) in [5.41, 5.74) is 1.83. The highest BCUT2D eigenvalue weighted by Gasteiger charge is 2.62. The second-order valence-electron chi connectivity index (χ2n) is 6.92. The summed E-state index contributed by atoms with van der Waals surface area (Å²) in [6.45, 7) is 2.74. The number of rotatable bonds is 3. The third-order valence-corrected chi connectivity index (χ3v) is 5.35. The number of carbonyl (C=O) groups is 2. The largest absolute Gasteiger partial charge is 0.468 e. The number of hydrogen-bond acceptors (Lipinski definition) is 5. The highest BCUT2D eigenvalue weighted by molar-refractivity contribution is 5.86. The molecule has 1 fully saturated rings. The summed E-state index contributed by atoms with van der Waals surface area (Å²) in [5.74, 6) is -0.371. The summed E-state index contributed by atoms with van der Waals surface area (Å²) in [6.07, 6.45) is 2.80. The van der Waals surface area contributed by atoms with E-state index in [9.17, 15) is 9.59 Å². The van der Waals surface area contributed by atoms with Crippen LogP contribution in [0.25, 0.3) is 0 Å². The van der Waals surface area contributed by atoms with E-state index in [1.54, 1.807) is 4.90 Å². The first kappa shape index (κ1) is 16.8. The zero-order valence-electron chi connectivity index (χ0n) is 14.8. The van der Waals surface area contributed by atoms with E-state index in [1.165, 1.54) is 7.11 Å². The van der Waals surface area contributed by atoms with Gasteiger partial charge in [-0.1, -0.05) is 48.1 Å². The lowest BCUT2D eigenvalue weighted by Crippen LogP contribution is -2.55. The van der Waals surface area contributed by atoms with E-state index in [4.69, 9.17) is 14.2 Å². The van der Waals surface area contributed by atoms with Crippen LogP contribution in [0.4, 0.5) is 4.79 Å². The molecule has 136 valence electrons. The first-order chi connectivity index (χ1) is 12.6. The lowest BCUT2D eigenvalue weighted by molar-refractivity contribution is -0.154. The van der Waals surface area contributed by atoms with Crippen LogP contribution in [-0.2, 0) is 25.6 Å². The van der Waals surface area contributed by atoms with Crippen molar-refractivity contribution in [3.63, 3.8) is 0 Å². The maximum atomic E-state index is 12.7. The van der Waals surface area contributed by atoms with Gasteiger partial charge in [0.05, 0.1) is 19.3 Å². The lowest BCUT2D eigenvalue weighted by atomic mass is 9.69. The minimum atomic E-state index is -0.970. The molecule has 1 amide bonds. The third-order valence-electron chi connectivity index (χ3n) is 5.35. The Hall–Kier alpha value is -2.60. The van der Waals surface area contributed by atoms with E-state index >= 15 is 0 Å². The van der Waals surface area contributed by atoms with E-state index in [-0.39, 0.29) is 25.2 Å². The second kappa shape index (κ2) is 6.29. The molecule has 1 aromatic rings. The van der Waals surface area contributed by atoms with Gasteiger partial charge in [0, 0.05) is 13.1 Å². The van der Waals surface area contributed by atoms with Gasteiger partial charge in [-0.15, -0.1) is 0 Å². The van der Waals surface area contributed by atoms with Crippen molar-refractivity contribution in [2.45, 2.75) is 25.7 Å². The Bertz CT molecular complexity index is 800. The predicted octanol–water partition coefficient (Wildman–Crippen LogP) is 2.45. The Morgan fingerprint density at radius 3 is 2.77 bits per heavy atom. The van der Waals surface area contributed by atoms with Crippen molar-refractivity contribution < 1.29 is 23.8 Å². The monoisotopic (exact) mass is 355 g/mol. The Morgan fingerprint density at radius 2 is 2.04 bits per heavy atom. The molecule has 0 spiro atoms. The normalized spacial score (nSPS) is 28.9. The van der Waals surface area contributed by atoms with Crippen molar-refractivity contribution in [1.82, 2.24) is 4.90 Å². The van der Waals surface area contributed by atoms with Gasteiger partial charge in [0.15, 0.2) is 0 Å². The molecule has 3 atom stereocenters. The number of amides is 1. The molecule has 6 heteroatoms. The van der Waals surface area contributed by atoms with E-state index in [0.29, 0.717) is 6.54 Å². The molecule has 0 radical (unpaired) electrons. The van der Waals surface area contributed by atoms with Gasteiger partial charge in [0.2, 0.25) is 0 Å². The molecule has 0 aliphatic carbocycles. The Balaban J connectivity index is 1.57. The first-order valence-electron chi connectivity index (χ1n) is 8.64. The minimum Gasteiger partial charge on any atom is -0.468 e. The van der Waals surface area contributed by atoms with Crippen molar-refractivity contribution in [1.29, 1.82) is 0 Å². The smallest absolute Gasteiger partial charge is 0.410 e. The van der Waals surface area contributed by atoms with Crippen molar-refractivity contribution in [3.05, 3.63) is 59.2 Å². The van der Waals surface area contributed by atoms with Gasteiger partial charge < -0.3 is 19.1 Å². The van der Waals surface area contributed by atoms with E-state index in [2.05, 4.69) is 0 Å². The number of esters is 1. The molecule has 0 unspecified atom stereocenters. The highest BCUT2D eigenvalue weighted by atomic mass is 16.6. The van der Waals surface area contributed by atoms with Crippen LogP contribution in [0.2, 0.25) is 0 Å². The topological polar surface area (TPSA) is 65.1 Å². The molecule has 6 nitrogen and oxygen atoms in total. The number of carbonyl (C=O) groups excluding carboxylic acids is 2. The zero-order valence-corrected chi connectivity index (χ0v) is 14.8. The van der Waals surface area contributed by atoms with Crippen LogP contribution in [0.1, 0.15) is 12.5 Å². The van der Waals surface area contributed by atoms with Crippen LogP contribution >= 0.6 is 0 Å². The summed E-state index contributed by atoms with van der Waals surface area (Å²) in [6, 6.07) is 9.51. The van der Waals surface area contributed by atoms with Crippen LogP contribution in [0.3, 0.4) is 0 Å². The van der Waals surface area contributed by atoms with Crippen molar-refractivity contribution in [3.8, 4) is 0 Å². The average Bonchev–Trinajstić information content (AvgIpc) is 3.27. The van der Waals surface area contributed by atoms with Crippen molar-refractivity contribution in [2.24, 2.45) is 5.41 Å². The van der Waals surface area contributed by atoms with Gasteiger partial charge in [0.25, 0.3) is 0 Å². The van der Waals surface area contributed by atoms with Crippen molar-refractivity contribution in [2.75, 3.05) is 20.2 Å². The fraction of sp³-hybridized carbons (Fsp3) is 0.400. The van der Waals surface area contributed by atoms with Crippen LogP contribution in [0, 0.1) is 5.41 Å². The van der Waals surface area contributed by atoms with Gasteiger partial charge in [-0.2, -0.15) is 0 Å². The molecule has 1 aromatic carbocycles. The quantitative estimate of drug-likeness (QED) is 0.616. The van der Waals surface area contributed by atoms with Crippen LogP contribution in [-0.4, -0.2) is 49.4 Å². The van der Waals surface area contributed by atoms with Crippen LogP contribution < -0.4 is 0 Å². The Labute approximate surface area is 152 Å². The van der Waals surface area contributed by atoms with Crippen LogP contribution in [0.5, 0.6) is 0 Å². The number of nitrogens with zero attached hydrogens (tertiary/aromatic N) is 1. The first-order valence-corrected chi connectivity index (χ1v) is 8.64. The molecule has 26 heavy (non-hydrogen) atoms. The standard InChI is InChI=1S/C20H21NO5/c1-13-10-21(19(23)25-11-14-6-4-3-5-7-14)12-20(18(22)24-2)16-9-8-15(26-16)17(13)20/h3-9,15-16H,10-12H2,1-2H3/t15-,16+,20+/m0/s1. The van der Waals surface area contributed by atoms with Gasteiger partial charge >= 0.3 is 12.1 Å². The number of hydrogen-bond donors (Lipinski definition) is 0. The molecule has 0 N–H and O–H groups in total. The molecular formula is C20H21NO5. The molecule has 2 bridgehead atoms. The number of ether oxygens (including phenoxy) is 3. The van der Waals surface area contributed by atoms with E-state index in [1.807, 2.05) is 49.4 Å². The van der Waals surface area contributed by atoms with Crippen molar-refractivity contribution >= 4 is 12.1 Å². The number of benzene rings is 1. The zero-order chi connectivity index (χ0) is 18.3. The van der Waals surface area contributed by atoms with E-state index < -0.39 is 17.6 Å². The molecule has 0 aromatic heterocycles. The SMILES string of the molecule is COC(=O)[C@@]12CN(C(=O)OCc3ccccc3)CC(C)=C1[C@@H]1C=C[C@H]2O1. The predicted molar refractivity (Wildman–Crippen MR) is 93.2 cm³/mol. The Morgan fingerprint density at radius 1 is 1.27 bits per heavy atom. The third kappa shape index (κ3) is 2.44. The average molecular weight is 355 g/mol. The fourth-order valence-corrected chi connectivity index (χ4v) is 4.24.